The fraction of sp³-hybridized carbons (Fsp3) is 0.316. The number of amides is 2. The molecule has 4 aromatic rings. The van der Waals surface area contributed by atoms with E-state index in [9.17, 15) is 27.2 Å². The molecule has 0 saturated heterocycles. The number of benzene rings is 4. The molecule has 0 atom stereocenters. The quantitative estimate of drug-likeness (QED) is 0.0557. The van der Waals surface area contributed by atoms with Gasteiger partial charge < -0.3 is 9.80 Å². The number of halogens is 6. The van der Waals surface area contributed by atoms with E-state index >= 15 is 0 Å². The van der Waals surface area contributed by atoms with E-state index in [2.05, 4.69) is 13.8 Å². The summed E-state index contributed by atoms with van der Waals surface area (Å²) < 4.78 is 54.4. The molecule has 0 N–H and O–H groups in total. The smallest absolute Gasteiger partial charge is 0.359 e. The van der Waals surface area contributed by atoms with E-state index in [1.54, 1.807) is 48.5 Å². The molecule has 0 fully saturated rings. The average molecular weight is 749 g/mol. The zero-order valence-electron chi connectivity index (χ0n) is 27.5. The number of rotatable bonds is 14. The van der Waals surface area contributed by atoms with Gasteiger partial charge in [-0.15, -0.1) is 36.4 Å². The summed E-state index contributed by atoms with van der Waals surface area (Å²) in [5.74, 6) is -4.01. The van der Waals surface area contributed by atoms with E-state index in [0.29, 0.717) is 34.3 Å². The maximum absolute atomic E-state index is 14.1. The third kappa shape index (κ3) is 13.2. The molecule has 258 valence electrons. The fourth-order valence-electron chi connectivity index (χ4n) is 4.84. The van der Waals surface area contributed by atoms with E-state index in [1.807, 2.05) is 12.1 Å². The fourth-order valence-corrected chi connectivity index (χ4v) is 5.09. The van der Waals surface area contributed by atoms with Gasteiger partial charge in [-0.05, 0) is 72.7 Å². The molecule has 4 rings (SSSR count). The van der Waals surface area contributed by atoms with Crippen LogP contribution in [-0.4, -0.2) is 24.9 Å². The summed E-state index contributed by atoms with van der Waals surface area (Å²) in [7, 11) is 0. The first-order valence-electron chi connectivity index (χ1n) is 15.9. The van der Waals surface area contributed by atoms with Crippen LogP contribution in [0.1, 0.15) is 85.9 Å². The number of hydrogen-bond donors (Lipinski definition) is 0. The van der Waals surface area contributed by atoms with Crippen LogP contribution in [0.15, 0.2) is 72.8 Å². The summed E-state index contributed by atoms with van der Waals surface area (Å²) in [5, 5.41) is 1.03. The third-order valence-electron chi connectivity index (χ3n) is 7.41. The van der Waals surface area contributed by atoms with Gasteiger partial charge in [-0.25, -0.2) is 17.6 Å². The van der Waals surface area contributed by atoms with Crippen LogP contribution in [0.2, 0.25) is 10.0 Å². The van der Waals surface area contributed by atoms with Crippen molar-refractivity contribution >= 4 is 46.4 Å². The summed E-state index contributed by atoms with van der Waals surface area (Å²) in [6.45, 7) is 4.90. The van der Waals surface area contributed by atoms with Crippen LogP contribution >= 0.6 is 23.2 Å². The Morgan fingerprint density at radius 2 is 0.898 bits per heavy atom. The molecule has 49 heavy (non-hydrogen) atoms. The number of anilines is 2. The standard InChI is InChI=1S/2C19H19ClF2NO.Ti/c2*1-2-3-4-5-12-23(18-11-10-16(21)13-17(18)22)19(24)14-6-8-15(20)9-7-14;/h2*6-11H,2-5,12H2,1H3;/q2*-1;+2. The van der Waals surface area contributed by atoms with Gasteiger partial charge in [-0.2, -0.15) is 0 Å². The molecule has 0 aliphatic carbocycles. The largest absolute Gasteiger partial charge is 2.00 e. The second-order valence-electron chi connectivity index (χ2n) is 11.1. The summed E-state index contributed by atoms with van der Waals surface area (Å²) in [5.41, 5.74) is 0.873. The number of nitrogens with zero attached hydrogens (tertiary/aromatic N) is 2. The number of hydrogen-bond acceptors (Lipinski definition) is 2. The van der Waals surface area contributed by atoms with Crippen LogP contribution in [-0.2, 0) is 21.7 Å². The number of carbonyl (C=O) groups excluding carboxylic acids is 2. The normalized spacial score (nSPS) is 10.4. The number of unbranched alkanes of at least 4 members (excludes halogenated alkanes) is 6. The SMILES string of the molecule is CCCCCCN(C(=O)c1ccc(Cl)cc1)c1ccc(F)[c-]c1F.CCCCCCN(C(=O)c1ccc(Cl)cc1)c1ccc(F)[c-]c1F.[Ti+2]. The van der Waals surface area contributed by atoms with Crippen LogP contribution in [0.5, 0.6) is 0 Å². The molecule has 0 radical (unpaired) electrons. The second-order valence-corrected chi connectivity index (χ2v) is 11.9. The van der Waals surface area contributed by atoms with E-state index in [0.717, 1.165) is 63.5 Å². The predicted octanol–water partition coefficient (Wildman–Crippen LogP) is 11.3. The Bertz CT molecular complexity index is 1500. The van der Waals surface area contributed by atoms with Crippen LogP contribution in [0.4, 0.5) is 28.9 Å². The van der Waals surface area contributed by atoms with Crippen molar-refractivity contribution in [2.75, 3.05) is 22.9 Å². The molecular weight excluding hydrogens is 711 g/mol. The summed E-state index contributed by atoms with van der Waals surface area (Å²) in [4.78, 5) is 28.2. The third-order valence-corrected chi connectivity index (χ3v) is 7.91. The summed E-state index contributed by atoms with van der Waals surface area (Å²) in [6, 6.07) is 21.5. The van der Waals surface area contributed by atoms with E-state index in [-0.39, 0.29) is 44.9 Å². The minimum Gasteiger partial charge on any atom is -0.359 e. The van der Waals surface area contributed by atoms with Gasteiger partial charge in [0.25, 0.3) is 0 Å². The first-order chi connectivity index (χ1) is 23.0. The van der Waals surface area contributed by atoms with Gasteiger partial charge in [-0.3, -0.25) is 9.59 Å². The Labute approximate surface area is 311 Å². The maximum Gasteiger partial charge on any atom is 2.00 e. The van der Waals surface area contributed by atoms with E-state index in [4.69, 9.17) is 23.2 Å². The first-order valence-corrected chi connectivity index (χ1v) is 16.7. The zero-order valence-corrected chi connectivity index (χ0v) is 30.6. The maximum atomic E-state index is 14.1. The van der Waals surface area contributed by atoms with Gasteiger partial charge >= 0.3 is 21.7 Å². The van der Waals surface area contributed by atoms with Crippen molar-refractivity contribution in [2.45, 2.75) is 65.2 Å². The molecule has 0 bridgehead atoms. The van der Waals surface area contributed by atoms with Gasteiger partial charge in [0, 0.05) is 57.5 Å². The molecule has 0 unspecified atom stereocenters. The van der Waals surface area contributed by atoms with Gasteiger partial charge in [0.2, 0.25) is 11.8 Å². The Hall–Kier alpha value is -3.17. The van der Waals surface area contributed by atoms with Crippen molar-refractivity contribution in [1.82, 2.24) is 0 Å². The average Bonchev–Trinajstić information content (AvgIpc) is 3.06. The Balaban J connectivity index is 0.000000333. The molecule has 4 nitrogen and oxygen atoms in total. The molecule has 2 amide bonds. The van der Waals surface area contributed by atoms with Crippen LogP contribution in [0.25, 0.3) is 0 Å². The first kappa shape index (κ1) is 42.0. The second kappa shape index (κ2) is 21.8. The zero-order chi connectivity index (χ0) is 35.1. The van der Waals surface area contributed by atoms with Gasteiger partial charge in [0.15, 0.2) is 0 Å². The summed E-state index contributed by atoms with van der Waals surface area (Å²) in [6.07, 6.45) is 7.56. The monoisotopic (exact) mass is 748 g/mol. The van der Waals surface area contributed by atoms with Gasteiger partial charge in [0.05, 0.1) is 0 Å². The molecule has 0 heterocycles. The molecule has 0 spiro atoms. The molecule has 4 aromatic carbocycles. The minimum atomic E-state index is -0.868. The van der Waals surface area contributed by atoms with Crippen LogP contribution in [0.3, 0.4) is 0 Å². The Kier molecular flexibility index (Phi) is 18.7. The minimum absolute atomic E-state index is 0. The number of carbonyl (C=O) groups is 2. The van der Waals surface area contributed by atoms with Gasteiger partial charge in [-0.1, -0.05) is 75.6 Å². The molecule has 0 saturated carbocycles. The topological polar surface area (TPSA) is 40.6 Å². The molecule has 0 aliphatic rings. The van der Waals surface area contributed by atoms with E-state index < -0.39 is 23.3 Å². The molecule has 0 aromatic heterocycles. The van der Waals surface area contributed by atoms with Crippen molar-refractivity contribution in [3.05, 3.63) is 129 Å². The van der Waals surface area contributed by atoms with Crippen molar-refractivity contribution in [3.8, 4) is 0 Å². The van der Waals surface area contributed by atoms with Gasteiger partial charge in [0.1, 0.15) is 0 Å². The summed E-state index contributed by atoms with van der Waals surface area (Å²) >= 11 is 11.7. The van der Waals surface area contributed by atoms with Crippen molar-refractivity contribution in [2.24, 2.45) is 0 Å². The van der Waals surface area contributed by atoms with Crippen molar-refractivity contribution < 1.29 is 48.9 Å². The molecule has 0 aliphatic heterocycles. The van der Waals surface area contributed by atoms with Crippen molar-refractivity contribution in [3.63, 3.8) is 0 Å². The van der Waals surface area contributed by atoms with Crippen LogP contribution < -0.4 is 9.80 Å². The Morgan fingerprint density at radius 1 is 0.551 bits per heavy atom. The predicted molar refractivity (Wildman–Crippen MR) is 185 cm³/mol. The van der Waals surface area contributed by atoms with Crippen molar-refractivity contribution in [1.29, 1.82) is 0 Å². The molecule has 11 heteroatoms. The van der Waals surface area contributed by atoms with E-state index in [1.165, 1.54) is 21.9 Å². The van der Waals surface area contributed by atoms with Crippen LogP contribution in [0, 0.1) is 35.4 Å². The Morgan fingerprint density at radius 3 is 1.20 bits per heavy atom. The molecular formula is C38H38Cl2F4N2O2Ti.